The van der Waals surface area contributed by atoms with Crippen molar-refractivity contribution in [1.29, 1.82) is 0 Å². The van der Waals surface area contributed by atoms with Gasteiger partial charge in [0, 0.05) is 32.1 Å². The van der Waals surface area contributed by atoms with Crippen LogP contribution in [0.4, 0.5) is 0 Å². The quantitative estimate of drug-likeness (QED) is 0.0161. The van der Waals surface area contributed by atoms with E-state index in [0.717, 1.165) is 32.2 Å². The Labute approximate surface area is 403 Å². The Morgan fingerprint density at radius 3 is 1.04 bits per heavy atom. The summed E-state index contributed by atoms with van der Waals surface area (Å²) >= 11 is 0. The first-order valence-electron chi connectivity index (χ1n) is 23.8. The van der Waals surface area contributed by atoms with E-state index >= 15 is 0 Å². The number of hydrogen-bond acceptors (Lipinski definition) is 20. The summed E-state index contributed by atoms with van der Waals surface area (Å²) in [6, 6.07) is -0.0741. The van der Waals surface area contributed by atoms with Crippen molar-refractivity contribution in [1.82, 2.24) is 16.0 Å². The topological polar surface area (TPSA) is 354 Å². The van der Waals surface area contributed by atoms with E-state index in [9.17, 15) is 69.6 Å². The van der Waals surface area contributed by atoms with Crippen molar-refractivity contribution < 1.29 is 87.3 Å². The molecule has 0 heterocycles. The van der Waals surface area contributed by atoms with Crippen LogP contribution in [0.5, 0.6) is 0 Å². The van der Waals surface area contributed by atoms with Crippen molar-refractivity contribution in [2.24, 2.45) is 0 Å². The molecule has 404 valence electrons. The Morgan fingerprint density at radius 2 is 0.761 bits per heavy atom. The number of aliphatic hydroxyl groups excluding tert-OH is 6. The normalized spacial score (nSPS) is 13.8. The van der Waals surface area contributed by atoms with Crippen molar-refractivity contribution >= 4 is 39.2 Å². The first kappa shape index (κ1) is 66.4. The highest BCUT2D eigenvalue weighted by Gasteiger charge is 2.48. The summed E-state index contributed by atoms with van der Waals surface area (Å²) in [7, 11) is -14.3. The lowest BCUT2D eigenvalue weighted by atomic mass is 10.0. The summed E-state index contributed by atoms with van der Waals surface area (Å²) in [6.07, 6.45) is 20.2. The van der Waals surface area contributed by atoms with E-state index in [1.165, 1.54) is 77.0 Å². The van der Waals surface area contributed by atoms with Gasteiger partial charge in [-0.15, -0.1) is 0 Å². The van der Waals surface area contributed by atoms with Crippen LogP contribution >= 0.6 is 0 Å². The highest BCUT2D eigenvalue weighted by molar-refractivity contribution is 7.86. The van der Waals surface area contributed by atoms with Gasteiger partial charge in [0.05, 0.1) is 141 Å². The van der Waals surface area contributed by atoms with Gasteiger partial charge in [0.1, 0.15) is 0 Å². The second kappa shape index (κ2) is 34.7. The van der Waals surface area contributed by atoms with Gasteiger partial charge in [0.25, 0.3) is 10.1 Å². The third-order valence-corrected chi connectivity index (χ3v) is 16.8. The van der Waals surface area contributed by atoms with E-state index in [2.05, 4.69) is 22.9 Å². The maximum Gasteiger partial charge on any atom is 0.501 e. The van der Waals surface area contributed by atoms with Gasteiger partial charge >= 0.3 is 8.80 Å². The SMILES string of the molecule is CCCCCCCCCCCCCCCCCC[N+](C)(C)CCC[Si](OCC(CO)(CO)NCCS(=O)(=O)[O-])(OCC(CO)(CO)NCCS(=O)(=O)[O-])OCC(CO)(CO)NCCS(=O)(=O)O. The smallest absolute Gasteiger partial charge is 0.501 e. The minimum atomic E-state index is -4.73. The lowest BCUT2D eigenvalue weighted by molar-refractivity contribution is -0.890. The molecule has 0 fully saturated rings. The number of rotatable bonds is 48. The molecule has 22 nitrogen and oxygen atoms in total. The molecule has 0 aliphatic rings. The molecule has 0 spiro atoms. The van der Waals surface area contributed by atoms with Crippen LogP contribution < -0.4 is 16.0 Å². The second-order valence-electron chi connectivity index (χ2n) is 18.7. The molecule has 0 aromatic heterocycles. The molecule has 0 atom stereocenters. The zero-order valence-electron chi connectivity index (χ0n) is 40.5. The summed E-state index contributed by atoms with van der Waals surface area (Å²) < 4.78 is 120. The number of aliphatic hydroxyl groups is 6. The molecule has 0 bridgehead atoms. The van der Waals surface area contributed by atoms with Crippen molar-refractivity contribution in [2.75, 3.05) is 124 Å². The second-order valence-corrected chi connectivity index (χ2v) is 26.1. The summed E-state index contributed by atoms with van der Waals surface area (Å²) in [5, 5.41) is 70.5. The Balaban J connectivity index is 6.29. The van der Waals surface area contributed by atoms with Crippen LogP contribution in [-0.4, -0.2) is 223 Å². The number of quaternary nitrogens is 1. The Hall–Kier alpha value is -0.573. The zero-order valence-corrected chi connectivity index (χ0v) is 44.0. The predicted octanol–water partition coefficient (Wildman–Crippen LogP) is -0.380. The van der Waals surface area contributed by atoms with Crippen molar-refractivity contribution in [2.45, 2.75) is 139 Å². The van der Waals surface area contributed by atoms with E-state index in [-0.39, 0.29) is 6.04 Å². The molecular formula is C41H89N4O18S3Si-. The van der Waals surface area contributed by atoms with Gasteiger partial charge in [-0.2, -0.15) is 8.42 Å². The van der Waals surface area contributed by atoms with Crippen molar-refractivity contribution in [3.63, 3.8) is 0 Å². The molecule has 0 radical (unpaired) electrons. The summed E-state index contributed by atoms with van der Waals surface area (Å²) in [6.45, 7) is -5.12. The lowest BCUT2D eigenvalue weighted by Gasteiger charge is -2.41. The molecular weight excluding hydrogens is 961 g/mol. The molecule has 0 aromatic rings. The molecule has 0 saturated heterocycles. The zero-order chi connectivity index (χ0) is 51.0. The molecule has 0 rings (SSSR count). The lowest BCUT2D eigenvalue weighted by Crippen LogP contribution is -2.64. The van der Waals surface area contributed by atoms with Crippen LogP contribution in [0, 0.1) is 0 Å². The number of hydrogen-bond donors (Lipinski definition) is 10. The fourth-order valence-corrected chi connectivity index (χ4v) is 11.1. The van der Waals surface area contributed by atoms with E-state index < -0.39 is 152 Å². The molecule has 0 aliphatic heterocycles. The van der Waals surface area contributed by atoms with E-state index in [1.807, 2.05) is 14.1 Å². The number of unbranched alkanes of at least 4 members (excludes halogenated alkanes) is 15. The molecule has 0 amide bonds. The monoisotopic (exact) mass is 1050 g/mol. The van der Waals surface area contributed by atoms with E-state index in [4.69, 9.17) is 13.3 Å². The van der Waals surface area contributed by atoms with Crippen LogP contribution in [0.2, 0.25) is 6.04 Å². The molecule has 0 unspecified atom stereocenters. The standard InChI is InChI=1S/C41H90N4O18S3Si/c1-4-5-6-7-8-9-10-11-12-13-14-15-16-17-18-19-24-45(2,3)25-20-29-67(61-36-39(30-46,31-47)42-21-26-64(52,53)54,62-37-40(32-48,33-49)43-22-27-65(55,56)57)63-38-41(34-50,35-51)44-23-28-66(58,59)60/h42-44,46-51H,4-38H2,1-3H3,(H2-,52,53,54,55,56,57,58,59,60)/p-1. The molecule has 0 aliphatic carbocycles. The highest BCUT2D eigenvalue weighted by atomic mass is 32.2. The Bertz CT molecular complexity index is 1450. The first-order valence-corrected chi connectivity index (χ1v) is 30.5. The molecule has 10 N–H and O–H groups in total. The van der Waals surface area contributed by atoms with Crippen LogP contribution in [0.15, 0.2) is 0 Å². The summed E-state index contributed by atoms with van der Waals surface area (Å²) in [5.41, 5.74) is -5.43. The van der Waals surface area contributed by atoms with Crippen LogP contribution in [0.1, 0.15) is 116 Å². The van der Waals surface area contributed by atoms with Gasteiger partial charge in [-0.1, -0.05) is 96.8 Å². The summed E-state index contributed by atoms with van der Waals surface area (Å²) in [5.74, 6) is -2.64. The average Bonchev–Trinajstić information content (AvgIpc) is 3.26. The van der Waals surface area contributed by atoms with Gasteiger partial charge in [-0.3, -0.25) is 4.55 Å². The summed E-state index contributed by atoms with van der Waals surface area (Å²) in [4.78, 5) is 0. The first-order chi connectivity index (χ1) is 31.4. The minimum Gasteiger partial charge on any atom is -0.748 e. The fraction of sp³-hybridized carbons (Fsp3) is 1.00. The van der Waals surface area contributed by atoms with Gasteiger partial charge in [0.2, 0.25) is 0 Å². The molecule has 67 heavy (non-hydrogen) atoms. The Kier molecular flexibility index (Phi) is 34.4. The Morgan fingerprint density at radius 1 is 0.478 bits per heavy atom. The van der Waals surface area contributed by atoms with Gasteiger partial charge < -0.3 is 73.5 Å². The molecule has 26 heteroatoms. The largest absolute Gasteiger partial charge is 0.748 e. The van der Waals surface area contributed by atoms with E-state index in [0.29, 0.717) is 17.4 Å². The van der Waals surface area contributed by atoms with Crippen molar-refractivity contribution in [3.8, 4) is 0 Å². The number of nitrogens with one attached hydrogen (secondary N) is 3. The molecule has 0 saturated carbocycles. The van der Waals surface area contributed by atoms with E-state index in [1.54, 1.807) is 0 Å². The van der Waals surface area contributed by atoms with Gasteiger partial charge in [-0.25, -0.2) is 16.8 Å². The average molecular weight is 1050 g/mol. The van der Waals surface area contributed by atoms with Crippen LogP contribution in [0.3, 0.4) is 0 Å². The maximum atomic E-state index is 11.5. The highest BCUT2D eigenvalue weighted by Crippen LogP contribution is 2.26. The fourth-order valence-electron chi connectivity index (χ4n) is 7.25. The molecule has 0 aromatic carbocycles. The predicted molar refractivity (Wildman–Crippen MR) is 255 cm³/mol. The van der Waals surface area contributed by atoms with Gasteiger partial charge in [0.15, 0.2) is 0 Å². The van der Waals surface area contributed by atoms with Crippen molar-refractivity contribution in [3.05, 3.63) is 0 Å². The maximum absolute atomic E-state index is 11.5. The van der Waals surface area contributed by atoms with Gasteiger partial charge in [-0.05, 0) is 12.8 Å². The minimum absolute atomic E-state index is 0.0741. The van der Waals surface area contributed by atoms with Crippen LogP contribution in [-0.2, 0) is 43.6 Å². The third-order valence-electron chi connectivity index (χ3n) is 11.9. The number of nitrogens with zero attached hydrogens (tertiary/aromatic N) is 1. The third kappa shape index (κ3) is 32.9. The van der Waals surface area contributed by atoms with Crippen LogP contribution in [0.25, 0.3) is 0 Å².